The molecular weight excluding hydrogens is 262 g/mol. The van der Waals surface area contributed by atoms with E-state index in [0.29, 0.717) is 17.1 Å². The van der Waals surface area contributed by atoms with Crippen LogP contribution in [0.5, 0.6) is 0 Å². The summed E-state index contributed by atoms with van der Waals surface area (Å²) in [6.07, 6.45) is 0.505. The summed E-state index contributed by atoms with van der Waals surface area (Å²) in [6, 6.07) is 8.78. The van der Waals surface area contributed by atoms with E-state index >= 15 is 0 Å². The van der Waals surface area contributed by atoms with Crippen LogP contribution in [0.4, 0.5) is 5.82 Å². The van der Waals surface area contributed by atoms with Crippen molar-refractivity contribution in [2.45, 2.75) is 24.3 Å². The number of anilines is 1. The molecule has 1 aliphatic heterocycles. The number of sulfone groups is 1. The van der Waals surface area contributed by atoms with Gasteiger partial charge in [0.05, 0.1) is 22.4 Å². The van der Waals surface area contributed by atoms with Gasteiger partial charge in [-0.15, -0.1) is 0 Å². The van der Waals surface area contributed by atoms with Crippen molar-refractivity contribution in [3.05, 3.63) is 41.6 Å². The maximum atomic E-state index is 12.1. The molecule has 0 amide bonds. The molecule has 2 heterocycles. The zero-order valence-electron chi connectivity index (χ0n) is 10.6. The predicted octanol–water partition coefficient (Wildman–Crippen LogP) is 1.54. The maximum Gasteiger partial charge on any atom is 0.178 e. The molecule has 5 nitrogen and oxygen atoms in total. The molecule has 0 fully saturated rings. The van der Waals surface area contributed by atoms with E-state index in [4.69, 9.17) is 5.73 Å². The van der Waals surface area contributed by atoms with Gasteiger partial charge < -0.3 is 5.73 Å². The lowest BCUT2D eigenvalue weighted by Crippen LogP contribution is -2.25. The summed E-state index contributed by atoms with van der Waals surface area (Å²) in [7, 11) is -3.17. The van der Waals surface area contributed by atoms with Gasteiger partial charge in [-0.05, 0) is 25.0 Å². The molecule has 1 unspecified atom stereocenters. The van der Waals surface area contributed by atoms with E-state index in [9.17, 15) is 8.42 Å². The number of fused-ring (bicyclic) bond motifs is 1. The van der Waals surface area contributed by atoms with Crippen LogP contribution in [0.3, 0.4) is 0 Å². The Balaban J connectivity index is 2.18. The minimum atomic E-state index is -3.17. The largest absolute Gasteiger partial charge is 0.384 e. The highest BCUT2D eigenvalue weighted by molar-refractivity contribution is 7.91. The first-order valence-corrected chi connectivity index (χ1v) is 7.77. The van der Waals surface area contributed by atoms with Gasteiger partial charge in [-0.25, -0.2) is 13.1 Å². The summed E-state index contributed by atoms with van der Waals surface area (Å²) in [6.45, 7) is 1.87. The van der Waals surface area contributed by atoms with Crippen molar-refractivity contribution in [3.63, 3.8) is 0 Å². The van der Waals surface area contributed by atoms with Crippen LogP contribution in [0.25, 0.3) is 0 Å². The van der Waals surface area contributed by atoms with E-state index in [1.54, 1.807) is 22.9 Å². The van der Waals surface area contributed by atoms with Gasteiger partial charge in [0.1, 0.15) is 5.82 Å². The van der Waals surface area contributed by atoms with Crippen molar-refractivity contribution in [3.8, 4) is 0 Å². The highest BCUT2D eigenvalue weighted by Gasteiger charge is 2.32. The second-order valence-electron chi connectivity index (χ2n) is 4.82. The van der Waals surface area contributed by atoms with Crippen LogP contribution >= 0.6 is 0 Å². The Hall–Kier alpha value is -1.82. The molecule has 0 saturated heterocycles. The Bertz CT molecular complexity index is 734. The van der Waals surface area contributed by atoms with Crippen LogP contribution in [0.1, 0.15) is 23.7 Å². The van der Waals surface area contributed by atoms with Crippen LogP contribution in [0.2, 0.25) is 0 Å². The Morgan fingerprint density at radius 3 is 2.79 bits per heavy atom. The SMILES string of the molecule is Cc1cc(N)n(C2CCS(=O)(=O)c3ccccc32)n1. The quantitative estimate of drug-likeness (QED) is 0.857. The molecule has 0 saturated carbocycles. The van der Waals surface area contributed by atoms with Crippen molar-refractivity contribution in [2.75, 3.05) is 11.5 Å². The minimum absolute atomic E-state index is 0.103. The monoisotopic (exact) mass is 277 g/mol. The van der Waals surface area contributed by atoms with E-state index in [2.05, 4.69) is 5.10 Å². The molecule has 3 rings (SSSR count). The van der Waals surface area contributed by atoms with Crippen molar-refractivity contribution in [2.24, 2.45) is 0 Å². The summed E-state index contributed by atoms with van der Waals surface area (Å²) in [5.41, 5.74) is 7.57. The molecule has 0 bridgehead atoms. The molecule has 0 spiro atoms. The van der Waals surface area contributed by atoms with Gasteiger partial charge in [0, 0.05) is 6.07 Å². The third-order valence-corrected chi connectivity index (χ3v) is 5.27. The fraction of sp³-hybridized carbons (Fsp3) is 0.308. The fourth-order valence-electron chi connectivity index (χ4n) is 2.61. The number of nitrogens with two attached hydrogens (primary N) is 1. The molecule has 100 valence electrons. The third kappa shape index (κ3) is 1.92. The molecular formula is C13H15N3O2S. The van der Waals surface area contributed by atoms with E-state index < -0.39 is 9.84 Å². The zero-order valence-corrected chi connectivity index (χ0v) is 11.4. The molecule has 0 radical (unpaired) electrons. The van der Waals surface area contributed by atoms with Crippen molar-refractivity contribution in [1.29, 1.82) is 0 Å². The highest BCUT2D eigenvalue weighted by atomic mass is 32.2. The smallest absolute Gasteiger partial charge is 0.178 e. The number of hydrogen-bond acceptors (Lipinski definition) is 4. The highest BCUT2D eigenvalue weighted by Crippen LogP contribution is 2.35. The molecule has 6 heteroatoms. The van der Waals surface area contributed by atoms with E-state index in [-0.39, 0.29) is 11.8 Å². The first kappa shape index (κ1) is 12.2. The molecule has 2 N–H and O–H groups in total. The number of aromatic nitrogens is 2. The second-order valence-corrected chi connectivity index (χ2v) is 6.89. The molecule has 19 heavy (non-hydrogen) atoms. The number of benzene rings is 1. The number of nitrogens with zero attached hydrogens (tertiary/aromatic N) is 2. The molecule has 2 aromatic rings. The summed E-state index contributed by atoms with van der Waals surface area (Å²) in [5, 5.41) is 4.38. The zero-order chi connectivity index (χ0) is 13.6. The molecule has 1 aliphatic rings. The van der Waals surface area contributed by atoms with Crippen molar-refractivity contribution >= 4 is 15.7 Å². The fourth-order valence-corrected chi connectivity index (χ4v) is 4.21. The van der Waals surface area contributed by atoms with Gasteiger partial charge in [-0.3, -0.25) is 0 Å². The lowest BCUT2D eigenvalue weighted by Gasteiger charge is -2.26. The normalized spacial score (nSPS) is 21.0. The Labute approximate surface area is 112 Å². The Morgan fingerprint density at radius 1 is 1.37 bits per heavy atom. The maximum absolute atomic E-state index is 12.1. The van der Waals surface area contributed by atoms with Gasteiger partial charge >= 0.3 is 0 Å². The van der Waals surface area contributed by atoms with Crippen LogP contribution in [-0.4, -0.2) is 24.0 Å². The Morgan fingerprint density at radius 2 is 2.11 bits per heavy atom. The van der Waals surface area contributed by atoms with Gasteiger partial charge in [0.25, 0.3) is 0 Å². The lowest BCUT2D eigenvalue weighted by atomic mass is 10.0. The van der Waals surface area contributed by atoms with Crippen LogP contribution < -0.4 is 5.73 Å². The topological polar surface area (TPSA) is 78.0 Å². The van der Waals surface area contributed by atoms with E-state index in [1.165, 1.54) is 0 Å². The van der Waals surface area contributed by atoms with Gasteiger partial charge in [-0.2, -0.15) is 5.10 Å². The number of nitrogen functional groups attached to an aromatic ring is 1. The lowest BCUT2D eigenvalue weighted by molar-refractivity contribution is 0.487. The second kappa shape index (κ2) is 4.09. The van der Waals surface area contributed by atoms with Crippen LogP contribution in [0.15, 0.2) is 35.2 Å². The standard InChI is InChI=1S/C13H15N3O2S/c1-9-8-13(14)16(15-9)11-6-7-19(17,18)12-5-3-2-4-10(11)12/h2-5,8,11H,6-7,14H2,1H3. The average molecular weight is 277 g/mol. The average Bonchev–Trinajstić information content (AvgIpc) is 2.69. The van der Waals surface area contributed by atoms with E-state index in [1.807, 2.05) is 19.1 Å². The summed E-state index contributed by atoms with van der Waals surface area (Å²) < 4.78 is 25.9. The van der Waals surface area contributed by atoms with Crippen molar-refractivity contribution in [1.82, 2.24) is 9.78 Å². The third-order valence-electron chi connectivity index (χ3n) is 3.46. The molecule has 1 aromatic carbocycles. The molecule has 1 aromatic heterocycles. The summed E-state index contributed by atoms with van der Waals surface area (Å²) in [5.74, 6) is 0.698. The number of aryl methyl sites for hydroxylation is 1. The van der Waals surface area contributed by atoms with Crippen LogP contribution in [-0.2, 0) is 9.84 Å². The summed E-state index contributed by atoms with van der Waals surface area (Å²) >= 11 is 0. The van der Waals surface area contributed by atoms with Gasteiger partial charge in [0.15, 0.2) is 9.84 Å². The minimum Gasteiger partial charge on any atom is -0.384 e. The Kier molecular flexibility index (Phi) is 2.63. The summed E-state index contributed by atoms with van der Waals surface area (Å²) in [4.78, 5) is 0.402. The number of rotatable bonds is 1. The van der Waals surface area contributed by atoms with Crippen molar-refractivity contribution < 1.29 is 8.42 Å². The van der Waals surface area contributed by atoms with Gasteiger partial charge in [-0.1, -0.05) is 18.2 Å². The van der Waals surface area contributed by atoms with Crippen LogP contribution in [0, 0.1) is 6.92 Å². The number of hydrogen-bond donors (Lipinski definition) is 1. The first-order chi connectivity index (χ1) is 8.99. The molecule has 0 aliphatic carbocycles. The molecule has 1 atom stereocenters. The predicted molar refractivity (Wildman–Crippen MR) is 72.6 cm³/mol. The first-order valence-electron chi connectivity index (χ1n) is 6.12. The van der Waals surface area contributed by atoms with E-state index in [0.717, 1.165) is 11.3 Å². The van der Waals surface area contributed by atoms with Gasteiger partial charge in [0.2, 0.25) is 0 Å².